The van der Waals surface area contributed by atoms with Crippen LogP contribution in [0.5, 0.6) is 0 Å². The van der Waals surface area contributed by atoms with Gasteiger partial charge in [0.25, 0.3) is 10.0 Å². The fourth-order valence-electron chi connectivity index (χ4n) is 1.85. The number of halogens is 1. The Hall–Kier alpha value is -1.72. The van der Waals surface area contributed by atoms with E-state index in [2.05, 4.69) is 4.72 Å². The highest BCUT2D eigenvalue weighted by Crippen LogP contribution is 2.26. The quantitative estimate of drug-likeness (QED) is 0.854. The minimum absolute atomic E-state index is 0.118. The third kappa shape index (κ3) is 3.23. The standard InChI is InChI=1S/C14H15ClN2O2S/c1-9-3-4-13(15)14(7-9)17-20(18,19)12-6-10(2)5-11(16)8-12/h3-8,17H,16H2,1-2H3. The summed E-state index contributed by atoms with van der Waals surface area (Å²) in [5.41, 5.74) is 8.13. The van der Waals surface area contributed by atoms with Crippen LogP contribution >= 0.6 is 11.6 Å². The number of nitrogens with one attached hydrogen (secondary N) is 1. The molecule has 0 heterocycles. The molecule has 0 aliphatic carbocycles. The highest BCUT2D eigenvalue weighted by molar-refractivity contribution is 7.92. The lowest BCUT2D eigenvalue weighted by molar-refractivity contribution is 0.601. The molecule has 0 aliphatic rings. The van der Waals surface area contributed by atoms with Gasteiger partial charge in [-0.3, -0.25) is 4.72 Å². The minimum atomic E-state index is -3.71. The molecule has 0 saturated heterocycles. The number of hydrogen-bond acceptors (Lipinski definition) is 3. The summed E-state index contributed by atoms with van der Waals surface area (Å²) in [5.74, 6) is 0. The Bertz CT molecular complexity index is 738. The van der Waals surface area contributed by atoms with Crippen molar-refractivity contribution in [3.05, 3.63) is 52.5 Å². The van der Waals surface area contributed by atoms with Crippen LogP contribution in [-0.2, 0) is 10.0 Å². The third-order valence-electron chi connectivity index (χ3n) is 2.75. The fourth-order valence-corrected chi connectivity index (χ4v) is 3.28. The Morgan fingerprint density at radius 2 is 1.75 bits per heavy atom. The van der Waals surface area contributed by atoms with Crippen LogP contribution in [0, 0.1) is 13.8 Å². The predicted octanol–water partition coefficient (Wildman–Crippen LogP) is 3.34. The van der Waals surface area contributed by atoms with Gasteiger partial charge in [0.15, 0.2) is 0 Å². The SMILES string of the molecule is Cc1cc(N)cc(S(=O)(=O)Nc2cc(C)ccc2Cl)c1. The molecule has 0 saturated carbocycles. The summed E-state index contributed by atoms with van der Waals surface area (Å²) in [6.07, 6.45) is 0. The molecule has 0 atom stereocenters. The van der Waals surface area contributed by atoms with Gasteiger partial charge in [-0.05, 0) is 55.3 Å². The summed E-state index contributed by atoms with van der Waals surface area (Å²) in [5, 5.41) is 0.347. The third-order valence-corrected chi connectivity index (χ3v) is 4.42. The monoisotopic (exact) mass is 310 g/mol. The number of benzene rings is 2. The summed E-state index contributed by atoms with van der Waals surface area (Å²) in [4.78, 5) is 0.118. The van der Waals surface area contributed by atoms with Crippen LogP contribution in [0.25, 0.3) is 0 Å². The molecular formula is C14H15ClN2O2S. The molecule has 4 nitrogen and oxygen atoms in total. The number of nitrogen functional groups attached to an aromatic ring is 1. The first-order chi connectivity index (χ1) is 9.28. The summed E-state index contributed by atoms with van der Waals surface area (Å²) in [6.45, 7) is 3.65. The molecule has 2 rings (SSSR count). The molecule has 0 fully saturated rings. The van der Waals surface area contributed by atoms with Crippen LogP contribution in [0.3, 0.4) is 0 Å². The first-order valence-corrected chi connectivity index (χ1v) is 7.80. The molecule has 6 heteroatoms. The van der Waals surface area contributed by atoms with Crippen LogP contribution in [0.1, 0.15) is 11.1 Å². The molecule has 0 unspecified atom stereocenters. The average Bonchev–Trinajstić information content (AvgIpc) is 2.32. The zero-order valence-corrected chi connectivity index (χ0v) is 12.7. The molecule has 2 aromatic carbocycles. The number of rotatable bonds is 3. The Balaban J connectivity index is 2.43. The Morgan fingerprint density at radius 1 is 1.05 bits per heavy atom. The Morgan fingerprint density at radius 3 is 2.40 bits per heavy atom. The van der Waals surface area contributed by atoms with Gasteiger partial charge in [-0.2, -0.15) is 0 Å². The van der Waals surface area contributed by atoms with E-state index in [0.717, 1.165) is 11.1 Å². The van der Waals surface area contributed by atoms with Crippen molar-refractivity contribution < 1.29 is 8.42 Å². The lowest BCUT2D eigenvalue weighted by Gasteiger charge is -2.11. The van der Waals surface area contributed by atoms with E-state index in [1.54, 1.807) is 31.2 Å². The zero-order valence-electron chi connectivity index (χ0n) is 11.1. The molecule has 3 N–H and O–H groups in total. The molecule has 20 heavy (non-hydrogen) atoms. The minimum Gasteiger partial charge on any atom is -0.399 e. The first kappa shape index (κ1) is 14.7. The molecule has 2 aromatic rings. The fraction of sp³-hybridized carbons (Fsp3) is 0.143. The predicted molar refractivity (Wildman–Crippen MR) is 82.6 cm³/mol. The topological polar surface area (TPSA) is 72.2 Å². The van der Waals surface area contributed by atoms with Crippen LogP contribution < -0.4 is 10.5 Å². The van der Waals surface area contributed by atoms with Gasteiger partial charge in [-0.25, -0.2) is 8.42 Å². The maximum absolute atomic E-state index is 12.3. The van der Waals surface area contributed by atoms with Crippen molar-refractivity contribution in [2.24, 2.45) is 0 Å². The summed E-state index contributed by atoms with van der Waals surface area (Å²) in [7, 11) is -3.71. The molecular weight excluding hydrogens is 296 g/mol. The summed E-state index contributed by atoms with van der Waals surface area (Å²) >= 11 is 6.00. The van der Waals surface area contributed by atoms with Crippen LogP contribution in [0.15, 0.2) is 41.3 Å². The maximum Gasteiger partial charge on any atom is 0.262 e. The van der Waals surface area contributed by atoms with Crippen molar-refractivity contribution in [2.45, 2.75) is 18.7 Å². The lowest BCUT2D eigenvalue weighted by atomic mass is 10.2. The van der Waals surface area contributed by atoms with Crippen LogP contribution in [0.4, 0.5) is 11.4 Å². The van der Waals surface area contributed by atoms with Crippen molar-refractivity contribution in [3.63, 3.8) is 0 Å². The average molecular weight is 311 g/mol. The highest BCUT2D eigenvalue weighted by atomic mass is 35.5. The van der Waals surface area contributed by atoms with Gasteiger partial charge < -0.3 is 5.73 Å². The Kier molecular flexibility index (Phi) is 3.92. The van der Waals surface area contributed by atoms with E-state index in [-0.39, 0.29) is 4.90 Å². The molecule has 0 aliphatic heterocycles. The van der Waals surface area contributed by atoms with E-state index >= 15 is 0 Å². The van der Waals surface area contributed by atoms with Crippen molar-refractivity contribution in [3.8, 4) is 0 Å². The zero-order chi connectivity index (χ0) is 14.9. The second kappa shape index (κ2) is 5.34. The van der Waals surface area contributed by atoms with E-state index in [1.807, 2.05) is 13.0 Å². The van der Waals surface area contributed by atoms with Gasteiger partial charge >= 0.3 is 0 Å². The van der Waals surface area contributed by atoms with Gasteiger partial charge in [0.05, 0.1) is 15.6 Å². The van der Waals surface area contributed by atoms with Gasteiger partial charge in [-0.1, -0.05) is 17.7 Å². The normalized spacial score (nSPS) is 11.3. The van der Waals surface area contributed by atoms with E-state index in [9.17, 15) is 8.42 Å². The largest absolute Gasteiger partial charge is 0.399 e. The summed E-state index contributed by atoms with van der Waals surface area (Å²) in [6, 6.07) is 9.82. The first-order valence-electron chi connectivity index (χ1n) is 5.94. The molecule has 0 spiro atoms. The van der Waals surface area contributed by atoms with Gasteiger partial charge in [0.1, 0.15) is 0 Å². The number of sulfonamides is 1. The van der Waals surface area contributed by atoms with Crippen molar-refractivity contribution in [1.82, 2.24) is 0 Å². The molecule has 0 radical (unpaired) electrons. The van der Waals surface area contributed by atoms with E-state index in [1.165, 1.54) is 6.07 Å². The smallest absolute Gasteiger partial charge is 0.262 e. The second-order valence-electron chi connectivity index (χ2n) is 4.67. The van der Waals surface area contributed by atoms with Gasteiger partial charge in [0, 0.05) is 5.69 Å². The molecule has 0 bridgehead atoms. The van der Waals surface area contributed by atoms with Crippen molar-refractivity contribution in [2.75, 3.05) is 10.5 Å². The van der Waals surface area contributed by atoms with Crippen LogP contribution in [0.2, 0.25) is 5.02 Å². The maximum atomic E-state index is 12.3. The van der Waals surface area contributed by atoms with E-state index < -0.39 is 10.0 Å². The van der Waals surface area contributed by atoms with Gasteiger partial charge in [-0.15, -0.1) is 0 Å². The Labute approximate surface area is 123 Å². The number of hydrogen-bond donors (Lipinski definition) is 2. The lowest BCUT2D eigenvalue weighted by Crippen LogP contribution is -2.14. The van der Waals surface area contributed by atoms with Crippen molar-refractivity contribution >= 4 is 33.0 Å². The number of aryl methyl sites for hydroxylation is 2. The summed E-state index contributed by atoms with van der Waals surface area (Å²) < 4.78 is 27.2. The molecule has 0 amide bonds. The number of nitrogens with two attached hydrogens (primary N) is 1. The second-order valence-corrected chi connectivity index (χ2v) is 6.76. The molecule has 106 valence electrons. The molecule has 0 aromatic heterocycles. The van der Waals surface area contributed by atoms with Crippen LogP contribution in [-0.4, -0.2) is 8.42 Å². The van der Waals surface area contributed by atoms with Crippen molar-refractivity contribution in [1.29, 1.82) is 0 Å². The van der Waals surface area contributed by atoms with E-state index in [4.69, 9.17) is 17.3 Å². The van der Waals surface area contributed by atoms with Gasteiger partial charge in [0.2, 0.25) is 0 Å². The highest BCUT2D eigenvalue weighted by Gasteiger charge is 2.16. The number of anilines is 2. The van der Waals surface area contributed by atoms with E-state index in [0.29, 0.717) is 16.4 Å².